The van der Waals surface area contributed by atoms with Crippen molar-refractivity contribution < 1.29 is 9.18 Å². The van der Waals surface area contributed by atoms with E-state index in [1.54, 1.807) is 12.3 Å². The summed E-state index contributed by atoms with van der Waals surface area (Å²) in [5.41, 5.74) is 7.33. The maximum absolute atomic E-state index is 15.0. The van der Waals surface area contributed by atoms with Crippen LogP contribution in [0.1, 0.15) is 35.7 Å². The second-order valence-electron chi connectivity index (χ2n) is 8.29. The van der Waals surface area contributed by atoms with E-state index in [4.69, 9.17) is 5.73 Å². The third-order valence-corrected chi connectivity index (χ3v) is 6.39. The van der Waals surface area contributed by atoms with Gasteiger partial charge in [0.25, 0.3) is 5.91 Å². The molecule has 0 radical (unpaired) electrons. The zero-order valence-electron chi connectivity index (χ0n) is 16.7. The van der Waals surface area contributed by atoms with Crippen molar-refractivity contribution >= 4 is 22.5 Å². The minimum atomic E-state index is -0.781. The van der Waals surface area contributed by atoms with Gasteiger partial charge >= 0.3 is 0 Å². The minimum Gasteiger partial charge on any atom is -0.367 e. The molecule has 1 aromatic heterocycles. The third kappa shape index (κ3) is 3.23. The fourth-order valence-electron chi connectivity index (χ4n) is 4.71. The van der Waals surface area contributed by atoms with Gasteiger partial charge in [-0.25, -0.2) is 4.39 Å². The Morgan fingerprint density at radius 3 is 2.70 bits per heavy atom. The highest BCUT2D eigenvalue weighted by molar-refractivity contribution is 5.97. The first-order valence-corrected chi connectivity index (χ1v) is 10.5. The van der Waals surface area contributed by atoms with Crippen LogP contribution in [0.3, 0.4) is 0 Å². The summed E-state index contributed by atoms with van der Waals surface area (Å²) >= 11 is 0. The SMILES string of the molecule is NC(=O)c1cn([C@H]2C[C@@H]2C2=CCCC=C2)c2cc(N3CCNCC3)c(F)cc2c1=O. The lowest BCUT2D eigenvalue weighted by molar-refractivity contribution is 0.0998. The van der Waals surface area contributed by atoms with Gasteiger partial charge in [-0.3, -0.25) is 9.59 Å². The largest absolute Gasteiger partial charge is 0.367 e. The quantitative estimate of drug-likeness (QED) is 0.815. The van der Waals surface area contributed by atoms with Gasteiger partial charge < -0.3 is 20.5 Å². The van der Waals surface area contributed by atoms with Gasteiger partial charge in [-0.05, 0) is 37.0 Å². The van der Waals surface area contributed by atoms with Crippen LogP contribution in [0.5, 0.6) is 0 Å². The number of piperazine rings is 1. The number of hydrogen-bond donors (Lipinski definition) is 2. The Labute approximate surface area is 173 Å². The number of benzene rings is 1. The second-order valence-corrected chi connectivity index (χ2v) is 8.29. The van der Waals surface area contributed by atoms with Gasteiger partial charge in [-0.1, -0.05) is 18.2 Å². The zero-order valence-corrected chi connectivity index (χ0v) is 16.7. The van der Waals surface area contributed by atoms with Crippen molar-refractivity contribution in [1.29, 1.82) is 0 Å². The molecule has 156 valence electrons. The van der Waals surface area contributed by atoms with E-state index < -0.39 is 17.2 Å². The number of nitrogens with two attached hydrogens (primary N) is 1. The smallest absolute Gasteiger partial charge is 0.254 e. The highest BCUT2D eigenvalue weighted by Gasteiger charge is 2.41. The monoisotopic (exact) mass is 408 g/mol. The maximum Gasteiger partial charge on any atom is 0.254 e. The van der Waals surface area contributed by atoms with E-state index in [1.807, 2.05) is 9.47 Å². The Morgan fingerprint density at radius 1 is 1.20 bits per heavy atom. The number of fused-ring (bicyclic) bond motifs is 1. The molecule has 2 fully saturated rings. The Hall–Kier alpha value is -2.93. The Balaban J connectivity index is 1.65. The van der Waals surface area contributed by atoms with Crippen molar-refractivity contribution in [3.05, 3.63) is 63.7 Å². The van der Waals surface area contributed by atoms with Crippen molar-refractivity contribution in [1.82, 2.24) is 9.88 Å². The number of allylic oxidation sites excluding steroid dienone is 4. The summed E-state index contributed by atoms with van der Waals surface area (Å²) in [6, 6.07) is 3.17. The molecular weight excluding hydrogens is 383 g/mol. The number of carbonyl (C=O) groups excluding carboxylic acids is 1. The maximum atomic E-state index is 15.0. The molecule has 1 saturated heterocycles. The zero-order chi connectivity index (χ0) is 20.8. The predicted molar refractivity (Wildman–Crippen MR) is 115 cm³/mol. The number of nitrogens with one attached hydrogen (secondary N) is 1. The fraction of sp³-hybridized carbons (Fsp3) is 0.391. The molecule has 3 N–H and O–H groups in total. The van der Waals surface area contributed by atoms with E-state index in [1.165, 1.54) is 11.6 Å². The molecule has 0 bridgehead atoms. The average molecular weight is 408 g/mol. The summed E-state index contributed by atoms with van der Waals surface area (Å²) in [7, 11) is 0. The molecule has 5 rings (SSSR count). The number of aromatic nitrogens is 1. The van der Waals surface area contributed by atoms with E-state index in [9.17, 15) is 14.0 Å². The predicted octanol–water partition coefficient (Wildman–Crippen LogP) is 2.49. The van der Waals surface area contributed by atoms with Crippen LogP contribution in [0.2, 0.25) is 0 Å². The van der Waals surface area contributed by atoms with Crippen LogP contribution in [0, 0.1) is 11.7 Å². The van der Waals surface area contributed by atoms with Crippen LogP contribution in [0.25, 0.3) is 10.9 Å². The first-order chi connectivity index (χ1) is 14.5. The average Bonchev–Trinajstić information content (AvgIpc) is 3.56. The molecule has 3 aliphatic rings. The highest BCUT2D eigenvalue weighted by Crippen LogP contribution is 2.50. The van der Waals surface area contributed by atoms with Gasteiger partial charge in [0.2, 0.25) is 5.43 Å². The summed E-state index contributed by atoms with van der Waals surface area (Å²) in [6.07, 6.45) is 11.2. The summed E-state index contributed by atoms with van der Waals surface area (Å²) in [5.74, 6) is -0.892. The van der Waals surface area contributed by atoms with E-state index in [2.05, 4.69) is 23.5 Å². The molecule has 7 heteroatoms. The van der Waals surface area contributed by atoms with Crippen molar-refractivity contribution in [3.63, 3.8) is 0 Å². The molecule has 1 aromatic carbocycles. The highest BCUT2D eigenvalue weighted by atomic mass is 19.1. The van der Waals surface area contributed by atoms with Crippen LogP contribution in [-0.4, -0.2) is 36.7 Å². The van der Waals surface area contributed by atoms with Crippen LogP contribution in [-0.2, 0) is 0 Å². The number of hydrogen-bond acceptors (Lipinski definition) is 4. The molecule has 1 amide bonds. The summed E-state index contributed by atoms with van der Waals surface area (Å²) in [6.45, 7) is 2.98. The molecule has 2 aliphatic carbocycles. The number of primary amides is 1. The van der Waals surface area contributed by atoms with Gasteiger partial charge in [0, 0.05) is 49.7 Å². The first kappa shape index (κ1) is 19.1. The Bertz CT molecular complexity index is 1140. The van der Waals surface area contributed by atoms with Crippen LogP contribution >= 0.6 is 0 Å². The molecule has 1 saturated carbocycles. The lowest BCUT2D eigenvalue weighted by Crippen LogP contribution is -2.43. The van der Waals surface area contributed by atoms with Crippen LogP contribution in [0.4, 0.5) is 10.1 Å². The molecule has 0 spiro atoms. The van der Waals surface area contributed by atoms with Crippen molar-refractivity contribution in [2.45, 2.75) is 25.3 Å². The van der Waals surface area contributed by atoms with Crippen molar-refractivity contribution in [2.24, 2.45) is 11.7 Å². The summed E-state index contributed by atoms with van der Waals surface area (Å²) in [5, 5.41) is 3.48. The lowest BCUT2D eigenvalue weighted by Gasteiger charge is -2.30. The number of carbonyl (C=O) groups is 1. The van der Waals surface area contributed by atoms with Gasteiger partial charge in [-0.15, -0.1) is 0 Å². The molecule has 2 heterocycles. The van der Waals surface area contributed by atoms with Crippen molar-refractivity contribution in [2.75, 3.05) is 31.1 Å². The Morgan fingerprint density at radius 2 is 2.00 bits per heavy atom. The Kier molecular flexibility index (Phi) is 4.70. The van der Waals surface area contributed by atoms with Crippen LogP contribution < -0.4 is 21.4 Å². The van der Waals surface area contributed by atoms with Crippen LogP contribution in [0.15, 0.2) is 46.9 Å². The first-order valence-electron chi connectivity index (χ1n) is 10.5. The number of amides is 1. The number of pyridine rings is 1. The van der Waals surface area contributed by atoms with Crippen molar-refractivity contribution in [3.8, 4) is 0 Å². The van der Waals surface area contributed by atoms with E-state index in [-0.39, 0.29) is 17.0 Å². The molecule has 0 unspecified atom stereocenters. The second kappa shape index (κ2) is 7.40. The fourth-order valence-corrected chi connectivity index (χ4v) is 4.71. The normalized spacial score (nSPS) is 23.5. The molecule has 2 aromatic rings. The minimum absolute atomic E-state index is 0.0874. The van der Waals surface area contributed by atoms with E-state index in [0.29, 0.717) is 30.2 Å². The van der Waals surface area contributed by atoms with E-state index >= 15 is 0 Å². The topological polar surface area (TPSA) is 80.4 Å². The summed E-state index contributed by atoms with van der Waals surface area (Å²) in [4.78, 5) is 26.8. The molecule has 2 atom stereocenters. The molecular formula is C23H25FN4O2. The molecule has 30 heavy (non-hydrogen) atoms. The molecule has 6 nitrogen and oxygen atoms in total. The molecule has 1 aliphatic heterocycles. The van der Waals surface area contributed by atoms with E-state index in [0.717, 1.165) is 32.4 Å². The van der Waals surface area contributed by atoms with Gasteiger partial charge in [0.15, 0.2) is 0 Å². The van der Waals surface area contributed by atoms with Gasteiger partial charge in [-0.2, -0.15) is 0 Å². The third-order valence-electron chi connectivity index (χ3n) is 6.39. The standard InChI is InChI=1S/C23H25FN4O2/c24-18-10-16-20(12-21(18)27-8-6-26-7-9-27)28(13-17(22(16)29)23(25)30)19-11-15(19)14-4-2-1-3-5-14/h2,4-5,10,12-13,15,19,26H,1,3,6-9,11H2,(H2,25,30)/t15-,19+/m1/s1. The number of anilines is 1. The summed E-state index contributed by atoms with van der Waals surface area (Å²) < 4.78 is 17.0. The number of rotatable bonds is 4. The number of nitrogens with zero attached hydrogens (tertiary/aromatic N) is 2. The number of halogens is 1. The lowest BCUT2D eigenvalue weighted by atomic mass is 10.0. The van der Waals surface area contributed by atoms with Gasteiger partial charge in [0.05, 0.1) is 11.2 Å². The van der Waals surface area contributed by atoms with Gasteiger partial charge in [0.1, 0.15) is 11.4 Å².